The van der Waals surface area contributed by atoms with Crippen molar-refractivity contribution >= 4 is 31.6 Å². The molecule has 1 atom stereocenters. The third-order valence-corrected chi connectivity index (χ3v) is 5.93. The maximum absolute atomic E-state index is 11.0. The van der Waals surface area contributed by atoms with Crippen LogP contribution in [0.1, 0.15) is 6.92 Å². The fraction of sp³-hybridized carbons (Fsp3) is 1.00. The Morgan fingerprint density at radius 3 is 2.00 bits per heavy atom. The highest BCUT2D eigenvalue weighted by atomic mass is 35.5. The smallest absolute Gasteiger partial charge is 0.282 e. The molecule has 0 aliphatic rings. The van der Waals surface area contributed by atoms with Gasteiger partial charge in [0, 0.05) is 5.88 Å². The van der Waals surface area contributed by atoms with Gasteiger partial charge in [-0.1, -0.05) is 0 Å². The number of sulfone groups is 1. The van der Waals surface area contributed by atoms with E-state index in [-0.39, 0.29) is 5.88 Å². The molecule has 0 heterocycles. The van der Waals surface area contributed by atoms with Crippen LogP contribution in [0.25, 0.3) is 0 Å². The Hall–Kier alpha value is 0.150. The molecule has 0 aliphatic carbocycles. The van der Waals surface area contributed by atoms with Gasteiger partial charge >= 0.3 is 0 Å². The Morgan fingerprint density at radius 2 is 1.75 bits per heavy atom. The van der Waals surface area contributed by atoms with Gasteiger partial charge in [0.2, 0.25) is 0 Å². The van der Waals surface area contributed by atoms with Gasteiger partial charge in [-0.25, -0.2) is 8.42 Å². The van der Waals surface area contributed by atoms with E-state index in [1.54, 1.807) is 0 Å². The van der Waals surface area contributed by atoms with Crippen molar-refractivity contribution in [1.82, 2.24) is 0 Å². The van der Waals surface area contributed by atoms with Crippen LogP contribution in [0.5, 0.6) is 0 Å². The lowest BCUT2D eigenvalue weighted by atomic mass is 10.9. The molecule has 0 aliphatic heterocycles. The zero-order valence-corrected chi connectivity index (χ0v) is 8.66. The molecular weight excluding hydrogens is 228 g/mol. The van der Waals surface area contributed by atoms with Crippen LogP contribution < -0.4 is 0 Å². The maximum Gasteiger partial charge on any atom is 0.282 e. The summed E-state index contributed by atoms with van der Waals surface area (Å²) in [5, 5.41) is 0. The van der Waals surface area contributed by atoms with E-state index in [4.69, 9.17) is 16.2 Å². The van der Waals surface area contributed by atoms with Gasteiger partial charge < -0.3 is 0 Å². The summed E-state index contributed by atoms with van der Waals surface area (Å²) in [4.78, 5) is 0. The second kappa shape index (κ2) is 3.91. The second-order valence-electron chi connectivity index (χ2n) is 2.14. The van der Waals surface area contributed by atoms with Crippen LogP contribution >= 0.6 is 11.6 Å². The Bertz CT molecular complexity index is 328. The van der Waals surface area contributed by atoms with Crippen LogP contribution in [-0.4, -0.2) is 37.6 Å². The Kier molecular flexibility index (Phi) is 3.95. The van der Waals surface area contributed by atoms with E-state index < -0.39 is 30.3 Å². The van der Waals surface area contributed by atoms with Gasteiger partial charge in [-0.3, -0.25) is 4.55 Å². The summed E-state index contributed by atoms with van der Waals surface area (Å²) in [6.45, 7) is 0.900. The van der Waals surface area contributed by atoms with Crippen LogP contribution in [0.2, 0.25) is 0 Å². The molecule has 0 saturated heterocycles. The fourth-order valence-corrected chi connectivity index (χ4v) is 3.42. The molecule has 5 nitrogen and oxygen atoms in total. The Morgan fingerprint density at radius 1 is 1.33 bits per heavy atom. The van der Waals surface area contributed by atoms with Crippen molar-refractivity contribution in [3.63, 3.8) is 0 Å². The van der Waals surface area contributed by atoms with Crippen molar-refractivity contribution in [3.8, 4) is 0 Å². The molecule has 74 valence electrons. The summed E-state index contributed by atoms with van der Waals surface area (Å²) < 4.78 is 49.3. The molecule has 0 aromatic heterocycles. The molecule has 1 N–H and O–H groups in total. The molecule has 0 spiro atoms. The van der Waals surface area contributed by atoms with Gasteiger partial charge in [-0.05, 0) is 6.92 Å². The molecule has 0 aromatic rings. The van der Waals surface area contributed by atoms with Gasteiger partial charge in [-0.15, -0.1) is 11.6 Å². The highest BCUT2D eigenvalue weighted by Gasteiger charge is 2.31. The van der Waals surface area contributed by atoms with Crippen LogP contribution in [-0.2, 0) is 20.0 Å². The average molecular weight is 237 g/mol. The molecular formula is C4H9ClO5S2. The largest absolute Gasteiger partial charge is 0.285 e. The number of halogens is 1. The lowest BCUT2D eigenvalue weighted by molar-refractivity contribution is 0.479. The predicted molar refractivity (Wildman–Crippen MR) is 45.5 cm³/mol. The van der Waals surface area contributed by atoms with E-state index in [9.17, 15) is 16.8 Å². The molecule has 1 unspecified atom stereocenters. The van der Waals surface area contributed by atoms with Crippen molar-refractivity contribution in [2.45, 2.75) is 11.5 Å². The van der Waals surface area contributed by atoms with Gasteiger partial charge in [0.15, 0.2) is 14.4 Å². The van der Waals surface area contributed by atoms with Crippen molar-refractivity contribution in [3.05, 3.63) is 0 Å². The SMILES string of the molecule is CC(S(=O)(=O)O)S(=O)(=O)CCCl. The van der Waals surface area contributed by atoms with E-state index in [1.165, 1.54) is 0 Å². The first kappa shape index (κ1) is 12.2. The summed E-state index contributed by atoms with van der Waals surface area (Å²) in [5.41, 5.74) is 0. The van der Waals surface area contributed by atoms with Gasteiger partial charge in [0.25, 0.3) is 10.1 Å². The first-order valence-corrected chi connectivity index (χ1v) is 6.71. The van der Waals surface area contributed by atoms with Crippen molar-refractivity contribution in [1.29, 1.82) is 0 Å². The second-order valence-corrected chi connectivity index (χ2v) is 6.99. The summed E-state index contributed by atoms with van der Waals surface area (Å²) in [5.74, 6) is -0.655. The van der Waals surface area contributed by atoms with E-state index in [0.717, 1.165) is 6.92 Å². The van der Waals surface area contributed by atoms with E-state index in [0.29, 0.717) is 0 Å². The van der Waals surface area contributed by atoms with E-state index >= 15 is 0 Å². The zero-order valence-electron chi connectivity index (χ0n) is 6.27. The zero-order chi connectivity index (χ0) is 9.99. The van der Waals surface area contributed by atoms with Crippen LogP contribution in [0.3, 0.4) is 0 Å². The minimum atomic E-state index is -4.53. The summed E-state index contributed by atoms with van der Waals surface area (Å²) in [7, 11) is -8.37. The van der Waals surface area contributed by atoms with E-state index in [1.807, 2.05) is 0 Å². The Labute approximate surface area is 76.4 Å². The monoisotopic (exact) mass is 236 g/mol. The minimum Gasteiger partial charge on any atom is -0.285 e. The molecule has 8 heteroatoms. The normalized spacial score (nSPS) is 15.9. The third kappa shape index (κ3) is 3.26. The number of hydrogen-bond acceptors (Lipinski definition) is 4. The number of hydrogen-bond donors (Lipinski definition) is 1. The first-order chi connectivity index (χ1) is 5.22. The fourth-order valence-electron chi connectivity index (χ4n) is 0.459. The topological polar surface area (TPSA) is 88.5 Å². The van der Waals surface area contributed by atoms with Crippen molar-refractivity contribution in [2.75, 3.05) is 11.6 Å². The summed E-state index contributed by atoms with van der Waals surface area (Å²) in [6, 6.07) is 0. The molecule has 0 rings (SSSR count). The lowest BCUT2D eigenvalue weighted by Crippen LogP contribution is -2.29. The predicted octanol–water partition coefficient (Wildman–Crippen LogP) is -0.126. The molecule has 0 saturated carbocycles. The average Bonchev–Trinajstić information content (AvgIpc) is 1.84. The minimum absolute atomic E-state index is 0.192. The standard InChI is InChI=1S/C4H9ClO5S2/c1-4(12(8,9)10)11(6,7)3-2-5/h4H,2-3H2,1H3,(H,8,9,10). The number of alkyl halides is 1. The molecule has 0 bridgehead atoms. The van der Waals surface area contributed by atoms with E-state index in [2.05, 4.69) is 0 Å². The maximum atomic E-state index is 11.0. The lowest BCUT2D eigenvalue weighted by Gasteiger charge is -2.07. The highest BCUT2D eigenvalue weighted by Crippen LogP contribution is 2.08. The third-order valence-electron chi connectivity index (χ3n) is 1.29. The first-order valence-electron chi connectivity index (χ1n) is 2.95. The molecule has 0 radical (unpaired) electrons. The summed E-state index contributed by atoms with van der Waals surface area (Å²) >= 11 is 5.12. The number of rotatable bonds is 4. The molecule has 0 fully saturated rings. The molecule has 0 aromatic carbocycles. The summed E-state index contributed by atoms with van der Waals surface area (Å²) in [6.07, 6.45) is 0. The van der Waals surface area contributed by atoms with Crippen molar-refractivity contribution in [2.24, 2.45) is 0 Å². The molecule has 12 heavy (non-hydrogen) atoms. The van der Waals surface area contributed by atoms with Gasteiger partial charge in [-0.2, -0.15) is 8.42 Å². The Balaban J connectivity index is 4.84. The van der Waals surface area contributed by atoms with Crippen LogP contribution in [0.15, 0.2) is 0 Å². The van der Waals surface area contributed by atoms with Gasteiger partial charge in [0.05, 0.1) is 5.75 Å². The van der Waals surface area contributed by atoms with Gasteiger partial charge in [0.1, 0.15) is 0 Å². The molecule has 0 amide bonds. The van der Waals surface area contributed by atoms with Crippen LogP contribution in [0, 0.1) is 0 Å². The van der Waals surface area contributed by atoms with Crippen LogP contribution in [0.4, 0.5) is 0 Å². The van der Waals surface area contributed by atoms with Crippen molar-refractivity contribution < 1.29 is 21.4 Å². The quantitative estimate of drug-likeness (QED) is 0.543. The highest BCUT2D eigenvalue weighted by molar-refractivity contribution is 8.06.